The Labute approximate surface area is 109 Å². The quantitative estimate of drug-likeness (QED) is 0.925. The van der Waals surface area contributed by atoms with Crippen LogP contribution in [-0.4, -0.2) is 15.3 Å². The maximum atomic E-state index is 11.6. The zero-order valence-electron chi connectivity index (χ0n) is 10.6. The first-order valence-electron chi connectivity index (χ1n) is 5.60. The number of carbonyl (C=O) groups excluding carboxylic acids is 1. The maximum absolute atomic E-state index is 11.6. The summed E-state index contributed by atoms with van der Waals surface area (Å²) in [4.78, 5) is 15.8. The molecule has 0 saturated heterocycles. The third-order valence-electron chi connectivity index (χ3n) is 2.36. The molecule has 0 radical (unpaired) electrons. The van der Waals surface area contributed by atoms with E-state index in [1.54, 1.807) is 17.6 Å². The molecule has 0 aliphatic rings. The second-order valence-electron chi connectivity index (χ2n) is 4.94. The van der Waals surface area contributed by atoms with Crippen LogP contribution in [0, 0.1) is 0 Å². The normalized spacial score (nSPS) is 11.5. The van der Waals surface area contributed by atoms with E-state index in [0.717, 1.165) is 5.76 Å². The molecule has 0 aliphatic carbocycles. The van der Waals surface area contributed by atoms with Crippen LogP contribution in [0.25, 0.3) is 0 Å². The molecule has 2 rings (SSSR count). The summed E-state index contributed by atoms with van der Waals surface area (Å²) in [6.45, 7) is 6.41. The van der Waals surface area contributed by atoms with E-state index >= 15 is 0 Å². The average Bonchev–Trinajstić information content (AvgIpc) is 2.96. The van der Waals surface area contributed by atoms with Crippen molar-refractivity contribution in [2.24, 2.45) is 0 Å². The van der Waals surface area contributed by atoms with E-state index in [1.165, 1.54) is 11.5 Å². The van der Waals surface area contributed by atoms with Gasteiger partial charge in [-0.3, -0.25) is 4.79 Å². The first-order valence-corrected chi connectivity index (χ1v) is 6.44. The lowest BCUT2D eigenvalue weighted by molar-refractivity contribution is 0.0943. The molecule has 2 heterocycles. The summed E-state index contributed by atoms with van der Waals surface area (Å²) in [5.41, 5.74) is 0.340. The minimum atomic E-state index is -0.216. The second-order valence-corrected chi connectivity index (χ2v) is 5.60. The summed E-state index contributed by atoms with van der Waals surface area (Å²) in [6.07, 6.45) is 1.70. The van der Waals surface area contributed by atoms with Crippen LogP contribution in [0.1, 0.15) is 42.9 Å². The predicted octanol–water partition coefficient (Wildman–Crippen LogP) is 2.36. The molecule has 0 aliphatic heterocycles. The summed E-state index contributed by atoms with van der Waals surface area (Å²) in [6, 6.07) is 1.68. The molecule has 0 bridgehead atoms. The van der Waals surface area contributed by atoms with Gasteiger partial charge in [0.1, 0.15) is 11.5 Å². The molecule has 0 unspecified atom stereocenters. The van der Waals surface area contributed by atoms with Gasteiger partial charge in [0, 0.05) is 10.8 Å². The molecule has 1 amide bonds. The van der Waals surface area contributed by atoms with Gasteiger partial charge in [0.15, 0.2) is 0 Å². The highest BCUT2D eigenvalue weighted by atomic mass is 32.1. The zero-order chi connectivity index (χ0) is 13.2. The van der Waals surface area contributed by atoms with Crippen LogP contribution in [0.5, 0.6) is 0 Å². The fourth-order valence-corrected chi connectivity index (χ4v) is 1.82. The largest absolute Gasteiger partial charge is 0.443 e. The Bertz CT molecular complexity index is 526. The first-order chi connectivity index (χ1) is 8.47. The second kappa shape index (κ2) is 4.89. The van der Waals surface area contributed by atoms with E-state index in [4.69, 9.17) is 4.42 Å². The lowest BCUT2D eigenvalue weighted by atomic mass is 9.94. The van der Waals surface area contributed by atoms with E-state index in [-0.39, 0.29) is 17.9 Å². The van der Waals surface area contributed by atoms with E-state index in [2.05, 4.69) is 14.7 Å². The molecule has 1 N–H and O–H groups in total. The Hall–Kier alpha value is -1.69. The van der Waals surface area contributed by atoms with Crippen LogP contribution in [0.4, 0.5) is 0 Å². The van der Waals surface area contributed by atoms with Gasteiger partial charge in [0.2, 0.25) is 5.89 Å². The van der Waals surface area contributed by atoms with E-state index in [0.29, 0.717) is 11.6 Å². The molecule has 6 heteroatoms. The molecule has 96 valence electrons. The number of hydrogen-bond donors (Lipinski definition) is 1. The van der Waals surface area contributed by atoms with Gasteiger partial charge in [-0.2, -0.15) is 4.37 Å². The minimum absolute atomic E-state index is 0.0792. The van der Waals surface area contributed by atoms with E-state index in [1.807, 2.05) is 20.8 Å². The molecule has 0 saturated carbocycles. The Morgan fingerprint density at radius 2 is 2.28 bits per heavy atom. The number of amides is 1. The summed E-state index contributed by atoms with van der Waals surface area (Å²) >= 11 is 1.25. The summed E-state index contributed by atoms with van der Waals surface area (Å²) < 4.78 is 9.52. The first kappa shape index (κ1) is 12.8. The van der Waals surface area contributed by atoms with Crippen molar-refractivity contribution in [2.75, 3.05) is 0 Å². The molecule has 0 aromatic carbocycles. The monoisotopic (exact) mass is 265 g/mol. The van der Waals surface area contributed by atoms with Crippen LogP contribution in [-0.2, 0) is 12.0 Å². The van der Waals surface area contributed by atoms with Crippen molar-refractivity contribution in [1.29, 1.82) is 0 Å². The number of hydrogen-bond acceptors (Lipinski definition) is 5. The van der Waals surface area contributed by atoms with Gasteiger partial charge >= 0.3 is 0 Å². The van der Waals surface area contributed by atoms with Crippen LogP contribution < -0.4 is 5.32 Å². The summed E-state index contributed by atoms with van der Waals surface area (Å²) in [5, 5.41) is 4.48. The molecule has 2 aromatic heterocycles. The van der Waals surface area contributed by atoms with Crippen molar-refractivity contribution < 1.29 is 9.21 Å². The van der Waals surface area contributed by atoms with Crippen molar-refractivity contribution in [3.63, 3.8) is 0 Å². The van der Waals surface area contributed by atoms with Gasteiger partial charge in [0.25, 0.3) is 5.91 Å². The van der Waals surface area contributed by atoms with Crippen molar-refractivity contribution in [3.8, 4) is 0 Å². The van der Waals surface area contributed by atoms with Gasteiger partial charge in [0.05, 0.1) is 12.7 Å². The van der Waals surface area contributed by atoms with Crippen LogP contribution in [0.2, 0.25) is 0 Å². The number of carbonyl (C=O) groups is 1. The van der Waals surface area contributed by atoms with Gasteiger partial charge < -0.3 is 9.73 Å². The molecule has 5 nitrogen and oxygen atoms in total. The Kier molecular flexibility index (Phi) is 3.47. The lowest BCUT2D eigenvalue weighted by Crippen LogP contribution is -2.23. The number of aromatic nitrogens is 2. The van der Waals surface area contributed by atoms with Crippen LogP contribution in [0.3, 0.4) is 0 Å². The molecular formula is C12H15N3O2S. The third-order valence-corrected chi connectivity index (χ3v) is 2.92. The number of nitrogens with zero attached hydrogens (tertiary/aromatic N) is 2. The lowest BCUT2D eigenvalue weighted by Gasteiger charge is -2.13. The predicted molar refractivity (Wildman–Crippen MR) is 68.5 cm³/mol. The Morgan fingerprint density at radius 3 is 2.83 bits per heavy atom. The summed E-state index contributed by atoms with van der Waals surface area (Å²) in [5.74, 6) is 1.09. The van der Waals surface area contributed by atoms with Crippen molar-refractivity contribution in [3.05, 3.63) is 35.0 Å². The van der Waals surface area contributed by atoms with Crippen molar-refractivity contribution in [2.45, 2.75) is 32.7 Å². The molecular weight excluding hydrogens is 250 g/mol. The van der Waals surface area contributed by atoms with Gasteiger partial charge in [-0.25, -0.2) is 4.98 Å². The van der Waals surface area contributed by atoms with Crippen molar-refractivity contribution in [1.82, 2.24) is 14.7 Å². The van der Waals surface area contributed by atoms with E-state index < -0.39 is 0 Å². The minimum Gasteiger partial charge on any atom is -0.443 e. The Morgan fingerprint density at radius 1 is 1.50 bits per heavy atom. The zero-order valence-corrected chi connectivity index (χ0v) is 11.4. The fourth-order valence-electron chi connectivity index (χ4n) is 1.31. The number of oxazole rings is 1. The molecule has 2 aromatic rings. The topological polar surface area (TPSA) is 68.0 Å². The highest BCUT2D eigenvalue weighted by molar-refractivity contribution is 7.03. The average molecular weight is 265 g/mol. The van der Waals surface area contributed by atoms with Crippen LogP contribution >= 0.6 is 11.5 Å². The van der Waals surface area contributed by atoms with E-state index in [9.17, 15) is 4.79 Å². The molecule has 18 heavy (non-hydrogen) atoms. The standard InChI is InChI=1S/C12H15N3O2S/c1-12(2,3)9-6-13-10(17-9)7-14-11(16)8-4-5-18-15-8/h4-6H,7H2,1-3H3,(H,14,16). The Balaban J connectivity index is 1.95. The fraction of sp³-hybridized carbons (Fsp3) is 0.417. The third kappa shape index (κ3) is 2.95. The van der Waals surface area contributed by atoms with Gasteiger partial charge in [-0.15, -0.1) is 0 Å². The smallest absolute Gasteiger partial charge is 0.271 e. The summed E-state index contributed by atoms with van der Waals surface area (Å²) in [7, 11) is 0. The maximum Gasteiger partial charge on any atom is 0.271 e. The van der Waals surface area contributed by atoms with Crippen molar-refractivity contribution >= 4 is 17.4 Å². The number of nitrogens with one attached hydrogen (secondary N) is 1. The van der Waals surface area contributed by atoms with Crippen LogP contribution in [0.15, 0.2) is 22.1 Å². The molecule has 0 atom stereocenters. The molecule has 0 fully saturated rings. The highest BCUT2D eigenvalue weighted by Gasteiger charge is 2.19. The SMILES string of the molecule is CC(C)(C)c1cnc(CNC(=O)c2ccsn2)o1. The number of rotatable bonds is 3. The van der Waals surface area contributed by atoms with Gasteiger partial charge in [-0.1, -0.05) is 20.8 Å². The highest BCUT2D eigenvalue weighted by Crippen LogP contribution is 2.22. The molecule has 0 spiro atoms. The van der Waals surface area contributed by atoms with Gasteiger partial charge in [-0.05, 0) is 17.6 Å².